The third-order valence-corrected chi connectivity index (χ3v) is 9.68. The van der Waals surface area contributed by atoms with Crippen LogP contribution in [-0.2, 0) is 0 Å². The van der Waals surface area contributed by atoms with Gasteiger partial charge in [-0.05, 0) is 77.6 Å². The standard InChI is InChI=1S/C44H31N3/c1-29-12-9-15-32(26-29)46-40-22-8-7-18-38(40)43-35(19-11-23-42(43)46)33-16-5-6-17-34(33)36-20-10-21-37-39-27-30(28-45)24-25-41(39)47(44(36)37)31-13-3-2-4-14-31/h2-25,27,29H,26H2,1H3. The summed E-state index contributed by atoms with van der Waals surface area (Å²) >= 11 is 0. The fraction of sp³-hybridized carbons (Fsp3) is 0.0682. The number of nitrogens with zero attached hydrogens (tertiary/aromatic N) is 3. The van der Waals surface area contributed by atoms with Gasteiger partial charge >= 0.3 is 0 Å². The van der Waals surface area contributed by atoms with Crippen LogP contribution in [0.2, 0.25) is 0 Å². The highest BCUT2D eigenvalue weighted by atomic mass is 15.0. The van der Waals surface area contributed by atoms with Crippen LogP contribution in [0.1, 0.15) is 18.9 Å². The summed E-state index contributed by atoms with van der Waals surface area (Å²) in [6, 6.07) is 49.9. The van der Waals surface area contributed by atoms with Gasteiger partial charge in [0, 0.05) is 38.5 Å². The first-order valence-electron chi connectivity index (χ1n) is 16.2. The Labute approximate surface area is 273 Å². The summed E-state index contributed by atoms with van der Waals surface area (Å²) < 4.78 is 4.83. The van der Waals surface area contributed by atoms with Crippen LogP contribution in [0.25, 0.3) is 77.2 Å². The van der Waals surface area contributed by atoms with E-state index in [-0.39, 0.29) is 0 Å². The van der Waals surface area contributed by atoms with Crippen LogP contribution in [0.15, 0.2) is 152 Å². The Kier molecular flexibility index (Phi) is 6.23. The van der Waals surface area contributed by atoms with Crippen LogP contribution in [0, 0.1) is 17.2 Å². The van der Waals surface area contributed by atoms with Gasteiger partial charge in [-0.1, -0.05) is 110 Å². The van der Waals surface area contributed by atoms with Crippen LogP contribution in [0.5, 0.6) is 0 Å². The zero-order chi connectivity index (χ0) is 31.5. The maximum absolute atomic E-state index is 9.78. The number of rotatable bonds is 4. The Bertz CT molecular complexity index is 2620. The third kappa shape index (κ3) is 4.19. The molecule has 8 aromatic rings. The molecule has 0 fully saturated rings. The molecule has 9 rings (SSSR count). The summed E-state index contributed by atoms with van der Waals surface area (Å²) in [7, 11) is 0. The first-order chi connectivity index (χ1) is 23.2. The molecule has 1 atom stereocenters. The van der Waals surface area contributed by atoms with Gasteiger partial charge in [-0.15, -0.1) is 0 Å². The van der Waals surface area contributed by atoms with E-state index in [4.69, 9.17) is 0 Å². The van der Waals surface area contributed by atoms with Crippen LogP contribution in [0.3, 0.4) is 0 Å². The minimum absolute atomic E-state index is 0.496. The lowest BCUT2D eigenvalue weighted by Crippen LogP contribution is -2.04. The molecule has 1 aliphatic rings. The summed E-state index contributed by atoms with van der Waals surface area (Å²) in [4.78, 5) is 0. The molecule has 47 heavy (non-hydrogen) atoms. The van der Waals surface area contributed by atoms with Gasteiger partial charge in [0.05, 0.1) is 33.7 Å². The summed E-state index contributed by atoms with van der Waals surface area (Å²) in [5.41, 5.74) is 12.5. The molecule has 0 N–H and O–H groups in total. The number of hydrogen-bond acceptors (Lipinski definition) is 1. The van der Waals surface area contributed by atoms with E-state index >= 15 is 0 Å². The lowest BCUT2D eigenvalue weighted by molar-refractivity contribution is 0.730. The summed E-state index contributed by atoms with van der Waals surface area (Å²) in [5, 5.41) is 14.5. The Morgan fingerprint density at radius 2 is 1.26 bits per heavy atom. The Morgan fingerprint density at radius 3 is 2.09 bits per heavy atom. The molecule has 0 spiro atoms. The smallest absolute Gasteiger partial charge is 0.0991 e. The van der Waals surface area contributed by atoms with Gasteiger partial charge in [0.1, 0.15) is 0 Å². The zero-order valence-electron chi connectivity index (χ0n) is 26.1. The summed E-state index contributed by atoms with van der Waals surface area (Å²) in [6.07, 6.45) is 7.77. The molecular weight excluding hydrogens is 571 g/mol. The number of hydrogen-bond donors (Lipinski definition) is 0. The van der Waals surface area contributed by atoms with Crippen LogP contribution in [0.4, 0.5) is 0 Å². The van der Waals surface area contributed by atoms with Gasteiger partial charge in [-0.2, -0.15) is 5.26 Å². The van der Waals surface area contributed by atoms with Crippen molar-refractivity contribution >= 4 is 49.3 Å². The van der Waals surface area contributed by atoms with Gasteiger partial charge < -0.3 is 9.13 Å². The minimum atomic E-state index is 0.496. The fourth-order valence-corrected chi connectivity index (χ4v) is 7.70. The minimum Gasteiger partial charge on any atom is -0.313 e. The Hall–Kier alpha value is -6.11. The van der Waals surface area contributed by atoms with Crippen molar-refractivity contribution in [3.63, 3.8) is 0 Å². The number of fused-ring (bicyclic) bond motifs is 6. The second-order valence-electron chi connectivity index (χ2n) is 12.5. The summed E-state index contributed by atoms with van der Waals surface area (Å²) in [5.74, 6) is 0.496. The second-order valence-corrected chi connectivity index (χ2v) is 12.5. The van der Waals surface area contributed by atoms with E-state index < -0.39 is 0 Å². The van der Waals surface area contributed by atoms with Crippen molar-refractivity contribution < 1.29 is 0 Å². The molecule has 0 saturated heterocycles. The summed E-state index contributed by atoms with van der Waals surface area (Å²) in [6.45, 7) is 2.29. The monoisotopic (exact) mass is 601 g/mol. The molecule has 2 heterocycles. The predicted octanol–water partition coefficient (Wildman–Crippen LogP) is 11.5. The highest BCUT2D eigenvalue weighted by molar-refractivity contribution is 6.19. The van der Waals surface area contributed by atoms with Crippen molar-refractivity contribution in [2.24, 2.45) is 5.92 Å². The lowest BCUT2D eigenvalue weighted by atomic mass is 9.91. The van der Waals surface area contributed by atoms with Crippen molar-refractivity contribution in [1.82, 2.24) is 9.13 Å². The van der Waals surface area contributed by atoms with E-state index in [1.165, 1.54) is 44.2 Å². The molecule has 1 aliphatic carbocycles. The molecule has 0 amide bonds. The molecule has 0 radical (unpaired) electrons. The van der Waals surface area contributed by atoms with E-state index in [0.29, 0.717) is 11.5 Å². The van der Waals surface area contributed by atoms with Crippen LogP contribution < -0.4 is 0 Å². The van der Waals surface area contributed by atoms with Gasteiger partial charge in [0.25, 0.3) is 0 Å². The van der Waals surface area contributed by atoms with Crippen molar-refractivity contribution in [2.45, 2.75) is 13.3 Å². The van der Waals surface area contributed by atoms with Crippen LogP contribution in [-0.4, -0.2) is 9.13 Å². The van der Waals surface area contributed by atoms with E-state index in [1.807, 2.05) is 12.1 Å². The zero-order valence-corrected chi connectivity index (χ0v) is 26.1. The number of nitriles is 1. The first kappa shape index (κ1) is 27.2. The number of allylic oxidation sites excluding steroid dienone is 4. The molecule has 3 nitrogen and oxygen atoms in total. The van der Waals surface area contributed by atoms with Crippen molar-refractivity contribution in [1.29, 1.82) is 5.26 Å². The van der Waals surface area contributed by atoms with Gasteiger partial charge in [0.2, 0.25) is 0 Å². The van der Waals surface area contributed by atoms with Crippen molar-refractivity contribution in [3.05, 3.63) is 157 Å². The predicted molar refractivity (Wildman–Crippen MR) is 197 cm³/mol. The molecule has 0 saturated carbocycles. The largest absolute Gasteiger partial charge is 0.313 e. The average Bonchev–Trinajstić information content (AvgIpc) is 3.65. The molecule has 222 valence electrons. The molecule has 0 bridgehead atoms. The molecule has 0 aliphatic heterocycles. The number of benzene rings is 6. The Balaban J connectivity index is 1.36. The Morgan fingerprint density at radius 1 is 0.596 bits per heavy atom. The van der Waals surface area contributed by atoms with E-state index in [1.54, 1.807) is 0 Å². The fourth-order valence-electron chi connectivity index (χ4n) is 7.70. The highest BCUT2D eigenvalue weighted by Crippen LogP contribution is 2.45. The number of para-hydroxylation sites is 3. The molecule has 3 heteroatoms. The maximum atomic E-state index is 9.78. The molecular formula is C44H31N3. The van der Waals surface area contributed by atoms with E-state index in [9.17, 15) is 5.26 Å². The van der Waals surface area contributed by atoms with Crippen molar-refractivity contribution in [2.75, 3.05) is 0 Å². The third-order valence-electron chi connectivity index (χ3n) is 9.68. The van der Waals surface area contributed by atoms with Crippen molar-refractivity contribution in [3.8, 4) is 34.0 Å². The maximum Gasteiger partial charge on any atom is 0.0991 e. The molecule has 2 aromatic heterocycles. The highest BCUT2D eigenvalue weighted by Gasteiger charge is 2.22. The van der Waals surface area contributed by atoms with E-state index in [0.717, 1.165) is 39.5 Å². The first-order valence-corrected chi connectivity index (χ1v) is 16.2. The van der Waals surface area contributed by atoms with E-state index in [2.05, 4.69) is 162 Å². The van der Waals surface area contributed by atoms with Gasteiger partial charge in [-0.25, -0.2) is 0 Å². The van der Waals surface area contributed by atoms with Gasteiger partial charge in [0.15, 0.2) is 0 Å². The average molecular weight is 602 g/mol. The molecule has 6 aromatic carbocycles. The molecule has 1 unspecified atom stereocenters. The van der Waals surface area contributed by atoms with Gasteiger partial charge in [-0.3, -0.25) is 0 Å². The normalized spacial score (nSPS) is 14.6. The number of aromatic nitrogens is 2. The quantitative estimate of drug-likeness (QED) is 0.198. The lowest BCUT2D eigenvalue weighted by Gasteiger charge is -2.18. The SMILES string of the molecule is CC1C=CC=C(n2c3ccccc3c3c(-c4ccccc4-c4cccc5c6cc(C#N)ccc6n(-c6ccccc6)c45)cccc32)C1. The van der Waals surface area contributed by atoms with Crippen LogP contribution >= 0.6 is 0 Å². The second kappa shape index (κ2) is 10.8. The topological polar surface area (TPSA) is 33.6 Å².